The van der Waals surface area contributed by atoms with Crippen LogP contribution in [0.2, 0.25) is 0 Å². The molecule has 0 saturated heterocycles. The van der Waals surface area contributed by atoms with Gasteiger partial charge >= 0.3 is 0 Å². The van der Waals surface area contributed by atoms with Gasteiger partial charge in [-0.2, -0.15) is 5.10 Å². The van der Waals surface area contributed by atoms with Crippen LogP contribution in [0.5, 0.6) is 11.5 Å². The maximum atomic E-state index is 5.77. The highest BCUT2D eigenvalue weighted by Gasteiger charge is 2.05. The lowest BCUT2D eigenvalue weighted by Crippen LogP contribution is -2.00. The number of hydrogen-bond acceptors (Lipinski definition) is 6. The predicted molar refractivity (Wildman–Crippen MR) is 96.1 cm³/mol. The first-order valence-corrected chi connectivity index (χ1v) is 8.63. The van der Waals surface area contributed by atoms with E-state index in [0.29, 0.717) is 6.61 Å². The summed E-state index contributed by atoms with van der Waals surface area (Å²) in [5, 5.41) is 6.95. The van der Waals surface area contributed by atoms with Gasteiger partial charge in [0.15, 0.2) is 11.5 Å². The van der Waals surface area contributed by atoms with Gasteiger partial charge in [-0.15, -0.1) is 11.3 Å². The number of aryl methyl sites for hydroxylation is 1. The fourth-order valence-electron chi connectivity index (χ4n) is 1.99. The van der Waals surface area contributed by atoms with E-state index in [9.17, 15) is 0 Å². The number of thiazole rings is 1. The first-order valence-electron chi connectivity index (χ1n) is 7.75. The van der Waals surface area contributed by atoms with Crippen LogP contribution in [0.1, 0.15) is 37.4 Å². The molecule has 2 rings (SSSR count). The lowest BCUT2D eigenvalue weighted by molar-refractivity contribution is 0.286. The van der Waals surface area contributed by atoms with Gasteiger partial charge in [0.2, 0.25) is 5.13 Å². The van der Waals surface area contributed by atoms with E-state index >= 15 is 0 Å². The van der Waals surface area contributed by atoms with Crippen molar-refractivity contribution in [2.45, 2.75) is 33.1 Å². The molecule has 0 aliphatic carbocycles. The minimum absolute atomic E-state index is 0.711. The van der Waals surface area contributed by atoms with Crippen LogP contribution in [-0.2, 0) is 0 Å². The molecule has 0 saturated carbocycles. The SMILES string of the molecule is CCCCCOc1ccc(/C=N\Nc2nc(C)cs2)cc1OC. The Labute approximate surface area is 141 Å². The Kier molecular flexibility index (Phi) is 6.87. The quantitative estimate of drug-likeness (QED) is 0.418. The van der Waals surface area contributed by atoms with Gasteiger partial charge in [0, 0.05) is 5.38 Å². The van der Waals surface area contributed by atoms with E-state index < -0.39 is 0 Å². The fourth-order valence-corrected chi connectivity index (χ4v) is 2.62. The smallest absolute Gasteiger partial charge is 0.203 e. The maximum Gasteiger partial charge on any atom is 0.203 e. The molecule has 0 amide bonds. The standard InChI is InChI=1S/C17H23N3O2S/c1-4-5-6-9-22-15-8-7-14(10-16(15)21-3)11-18-20-17-19-13(2)12-23-17/h7-8,10-12H,4-6,9H2,1-3H3,(H,19,20)/b18-11-. The molecule has 0 atom stereocenters. The van der Waals surface area contributed by atoms with Crippen molar-refractivity contribution in [2.24, 2.45) is 5.10 Å². The van der Waals surface area contributed by atoms with Crippen molar-refractivity contribution in [3.63, 3.8) is 0 Å². The van der Waals surface area contributed by atoms with Crippen LogP contribution >= 0.6 is 11.3 Å². The Hall–Kier alpha value is -2.08. The largest absolute Gasteiger partial charge is 0.493 e. The number of hydrogen-bond donors (Lipinski definition) is 1. The van der Waals surface area contributed by atoms with Crippen LogP contribution < -0.4 is 14.9 Å². The number of ether oxygens (including phenoxy) is 2. The number of nitrogens with zero attached hydrogens (tertiary/aromatic N) is 2. The lowest BCUT2D eigenvalue weighted by atomic mass is 10.2. The first kappa shape index (κ1) is 17.3. The van der Waals surface area contributed by atoms with Crippen LogP contribution in [0.25, 0.3) is 0 Å². The second-order valence-corrected chi connectivity index (χ2v) is 5.99. The summed E-state index contributed by atoms with van der Waals surface area (Å²) in [7, 11) is 1.64. The Morgan fingerprint density at radius 3 is 2.87 bits per heavy atom. The topological polar surface area (TPSA) is 55.7 Å². The van der Waals surface area contributed by atoms with Crippen molar-refractivity contribution >= 4 is 22.7 Å². The van der Waals surface area contributed by atoms with Gasteiger partial charge in [-0.3, -0.25) is 5.43 Å². The minimum atomic E-state index is 0.711. The molecule has 0 fully saturated rings. The van der Waals surface area contributed by atoms with Crippen LogP contribution in [0.15, 0.2) is 28.7 Å². The van der Waals surface area contributed by atoms with Gasteiger partial charge < -0.3 is 9.47 Å². The zero-order chi connectivity index (χ0) is 16.5. The number of rotatable bonds is 9. The summed E-state index contributed by atoms with van der Waals surface area (Å²) >= 11 is 1.53. The minimum Gasteiger partial charge on any atom is -0.493 e. The van der Waals surface area contributed by atoms with E-state index in [2.05, 4.69) is 22.4 Å². The molecule has 1 N–H and O–H groups in total. The average molecular weight is 333 g/mol. The summed E-state index contributed by atoms with van der Waals surface area (Å²) in [6.45, 7) is 4.84. The normalized spacial score (nSPS) is 10.9. The molecule has 124 valence electrons. The lowest BCUT2D eigenvalue weighted by Gasteiger charge is -2.11. The summed E-state index contributed by atoms with van der Waals surface area (Å²) in [4.78, 5) is 4.29. The molecule has 1 aromatic carbocycles. The molecule has 5 nitrogen and oxygen atoms in total. The number of benzene rings is 1. The fraction of sp³-hybridized carbons (Fsp3) is 0.412. The maximum absolute atomic E-state index is 5.77. The summed E-state index contributed by atoms with van der Waals surface area (Å²) in [5.74, 6) is 1.49. The van der Waals surface area contributed by atoms with Crippen LogP contribution in [0.3, 0.4) is 0 Å². The third-order valence-electron chi connectivity index (χ3n) is 3.19. The van der Waals surface area contributed by atoms with Crippen LogP contribution in [0.4, 0.5) is 5.13 Å². The van der Waals surface area contributed by atoms with Crippen LogP contribution in [0, 0.1) is 6.92 Å². The van der Waals surface area contributed by atoms with Crippen molar-refractivity contribution in [2.75, 3.05) is 19.1 Å². The molecule has 0 spiro atoms. The van der Waals surface area contributed by atoms with Gasteiger partial charge in [-0.05, 0) is 37.1 Å². The van der Waals surface area contributed by atoms with Crippen molar-refractivity contribution in [1.82, 2.24) is 4.98 Å². The summed E-state index contributed by atoms with van der Waals surface area (Å²) in [6, 6.07) is 5.78. The zero-order valence-corrected chi connectivity index (χ0v) is 14.7. The molecule has 23 heavy (non-hydrogen) atoms. The Bertz CT molecular complexity index is 641. The summed E-state index contributed by atoms with van der Waals surface area (Å²) in [6.07, 6.45) is 5.15. The molecule has 0 unspecified atom stereocenters. The van der Waals surface area contributed by atoms with E-state index in [-0.39, 0.29) is 0 Å². The van der Waals surface area contributed by atoms with Gasteiger partial charge in [-0.25, -0.2) is 4.98 Å². The zero-order valence-electron chi connectivity index (χ0n) is 13.8. The molecule has 0 aliphatic rings. The van der Waals surface area contributed by atoms with Crippen molar-refractivity contribution < 1.29 is 9.47 Å². The van der Waals surface area contributed by atoms with Crippen molar-refractivity contribution in [3.05, 3.63) is 34.8 Å². The molecule has 0 aliphatic heterocycles. The van der Waals surface area contributed by atoms with E-state index in [1.165, 1.54) is 24.2 Å². The highest BCUT2D eigenvalue weighted by atomic mass is 32.1. The second-order valence-electron chi connectivity index (χ2n) is 5.13. The van der Waals surface area contributed by atoms with Gasteiger partial charge in [0.1, 0.15) is 0 Å². The number of hydrazone groups is 1. The highest BCUT2D eigenvalue weighted by molar-refractivity contribution is 7.13. The third kappa shape index (κ3) is 5.56. The van der Waals surface area contributed by atoms with E-state index in [4.69, 9.17) is 9.47 Å². The second kappa shape index (κ2) is 9.15. The van der Waals surface area contributed by atoms with Gasteiger partial charge in [0.05, 0.1) is 25.6 Å². The monoisotopic (exact) mass is 333 g/mol. The number of methoxy groups -OCH3 is 1. The average Bonchev–Trinajstić information content (AvgIpc) is 2.97. The third-order valence-corrected chi connectivity index (χ3v) is 4.05. The highest BCUT2D eigenvalue weighted by Crippen LogP contribution is 2.27. The number of nitrogens with one attached hydrogen (secondary N) is 1. The van der Waals surface area contributed by atoms with Gasteiger partial charge in [-0.1, -0.05) is 19.8 Å². The van der Waals surface area contributed by atoms with E-state index in [1.807, 2.05) is 30.5 Å². The molecule has 6 heteroatoms. The Balaban J connectivity index is 1.94. The van der Waals surface area contributed by atoms with E-state index in [1.54, 1.807) is 13.3 Å². The molecular formula is C17H23N3O2S. The summed E-state index contributed by atoms with van der Waals surface area (Å²) < 4.78 is 11.2. The Morgan fingerprint density at radius 1 is 1.30 bits per heavy atom. The predicted octanol–water partition coefficient (Wildman–Crippen LogP) is 4.48. The molecule has 0 bridgehead atoms. The number of aromatic nitrogens is 1. The Morgan fingerprint density at radius 2 is 2.17 bits per heavy atom. The van der Waals surface area contributed by atoms with Gasteiger partial charge in [0.25, 0.3) is 0 Å². The number of unbranched alkanes of at least 4 members (excludes halogenated alkanes) is 2. The van der Waals surface area contributed by atoms with Crippen molar-refractivity contribution in [3.8, 4) is 11.5 Å². The van der Waals surface area contributed by atoms with Crippen molar-refractivity contribution in [1.29, 1.82) is 0 Å². The van der Waals surface area contributed by atoms with Crippen LogP contribution in [-0.4, -0.2) is 24.9 Å². The first-order chi connectivity index (χ1) is 11.2. The molecule has 2 aromatic rings. The number of anilines is 1. The van der Waals surface area contributed by atoms with E-state index in [0.717, 1.165) is 34.3 Å². The molecule has 0 radical (unpaired) electrons. The molecule has 1 aromatic heterocycles. The molecule has 1 heterocycles. The molecular weight excluding hydrogens is 310 g/mol. The summed E-state index contributed by atoms with van der Waals surface area (Å²) in [5.41, 5.74) is 4.84.